The summed E-state index contributed by atoms with van der Waals surface area (Å²) in [6.45, 7) is 0. The Hall–Kier alpha value is -2.18. The average Bonchev–Trinajstić information content (AvgIpc) is 2.57. The topological polar surface area (TPSA) is 54.0 Å². The van der Waals surface area contributed by atoms with Crippen LogP contribution in [0.4, 0.5) is 17.2 Å². The summed E-state index contributed by atoms with van der Waals surface area (Å²) in [5.74, 6) is 0.271. The van der Waals surface area contributed by atoms with E-state index >= 15 is 0 Å². The SMILES string of the molecule is O=C(Nc1cccc(Br)c1)c1cccnc1Nc1ccccc1Br. The zero-order valence-electron chi connectivity index (χ0n) is 12.5. The van der Waals surface area contributed by atoms with Crippen LogP contribution in [0, 0.1) is 0 Å². The molecule has 1 aromatic heterocycles. The van der Waals surface area contributed by atoms with Crippen molar-refractivity contribution in [1.82, 2.24) is 4.98 Å². The van der Waals surface area contributed by atoms with Crippen LogP contribution < -0.4 is 10.6 Å². The maximum Gasteiger partial charge on any atom is 0.259 e. The number of hydrogen-bond donors (Lipinski definition) is 2. The first kappa shape index (κ1) is 16.7. The molecule has 0 saturated carbocycles. The Kier molecular flexibility index (Phi) is 5.27. The number of aromatic nitrogens is 1. The van der Waals surface area contributed by atoms with Gasteiger partial charge in [0.25, 0.3) is 5.91 Å². The van der Waals surface area contributed by atoms with Crippen molar-refractivity contribution in [2.24, 2.45) is 0 Å². The van der Waals surface area contributed by atoms with E-state index in [4.69, 9.17) is 0 Å². The van der Waals surface area contributed by atoms with Crippen LogP contribution >= 0.6 is 31.9 Å². The Morgan fingerprint density at radius 2 is 1.79 bits per heavy atom. The summed E-state index contributed by atoms with van der Waals surface area (Å²) in [5.41, 5.74) is 2.02. The maximum absolute atomic E-state index is 12.6. The Morgan fingerprint density at radius 1 is 0.958 bits per heavy atom. The molecule has 3 aromatic rings. The smallest absolute Gasteiger partial charge is 0.259 e. The lowest BCUT2D eigenvalue weighted by molar-refractivity contribution is 0.102. The quantitative estimate of drug-likeness (QED) is 0.548. The summed E-state index contributed by atoms with van der Waals surface area (Å²) >= 11 is 6.87. The minimum atomic E-state index is -0.226. The minimum absolute atomic E-state index is 0.226. The van der Waals surface area contributed by atoms with Gasteiger partial charge in [-0.1, -0.05) is 34.1 Å². The van der Waals surface area contributed by atoms with E-state index in [2.05, 4.69) is 47.5 Å². The number of carbonyl (C=O) groups is 1. The number of anilines is 3. The molecule has 6 heteroatoms. The fourth-order valence-electron chi connectivity index (χ4n) is 2.14. The van der Waals surface area contributed by atoms with Crippen molar-refractivity contribution in [3.05, 3.63) is 81.4 Å². The third-order valence-electron chi connectivity index (χ3n) is 3.26. The van der Waals surface area contributed by atoms with Gasteiger partial charge in [-0.15, -0.1) is 0 Å². The fourth-order valence-corrected chi connectivity index (χ4v) is 2.93. The second-order valence-corrected chi connectivity index (χ2v) is 6.74. The molecule has 0 atom stereocenters. The molecule has 3 rings (SSSR count). The lowest BCUT2D eigenvalue weighted by atomic mass is 10.2. The van der Waals surface area contributed by atoms with Crippen LogP contribution in [0.3, 0.4) is 0 Å². The molecule has 0 radical (unpaired) electrons. The van der Waals surface area contributed by atoms with Crippen molar-refractivity contribution in [3.8, 4) is 0 Å². The minimum Gasteiger partial charge on any atom is -0.339 e. The predicted molar refractivity (Wildman–Crippen MR) is 104 cm³/mol. The van der Waals surface area contributed by atoms with Crippen LogP contribution in [0.2, 0.25) is 0 Å². The molecular formula is C18H13Br2N3O. The first-order valence-electron chi connectivity index (χ1n) is 7.17. The summed E-state index contributed by atoms with van der Waals surface area (Å²) in [6.07, 6.45) is 1.65. The van der Waals surface area contributed by atoms with Crippen LogP contribution in [0.1, 0.15) is 10.4 Å². The van der Waals surface area contributed by atoms with E-state index in [1.165, 1.54) is 0 Å². The molecule has 2 N–H and O–H groups in total. The normalized spacial score (nSPS) is 10.2. The molecule has 1 amide bonds. The van der Waals surface area contributed by atoms with Gasteiger partial charge >= 0.3 is 0 Å². The molecule has 0 aliphatic heterocycles. The summed E-state index contributed by atoms with van der Waals surface area (Å²) in [4.78, 5) is 16.9. The molecule has 0 saturated heterocycles. The largest absolute Gasteiger partial charge is 0.339 e. The van der Waals surface area contributed by atoms with E-state index < -0.39 is 0 Å². The molecular weight excluding hydrogens is 434 g/mol. The highest BCUT2D eigenvalue weighted by Gasteiger charge is 2.13. The maximum atomic E-state index is 12.6. The van der Waals surface area contributed by atoms with Gasteiger partial charge in [-0.3, -0.25) is 4.79 Å². The lowest BCUT2D eigenvalue weighted by Crippen LogP contribution is -2.14. The van der Waals surface area contributed by atoms with E-state index in [0.717, 1.165) is 14.6 Å². The number of halogens is 2. The molecule has 24 heavy (non-hydrogen) atoms. The van der Waals surface area contributed by atoms with Crippen molar-refractivity contribution < 1.29 is 4.79 Å². The molecule has 0 bridgehead atoms. The number of pyridine rings is 1. The van der Waals surface area contributed by atoms with Crippen molar-refractivity contribution in [2.45, 2.75) is 0 Å². The molecule has 0 aliphatic carbocycles. The first-order valence-corrected chi connectivity index (χ1v) is 8.75. The van der Waals surface area contributed by atoms with E-state index in [9.17, 15) is 4.79 Å². The van der Waals surface area contributed by atoms with Gasteiger partial charge < -0.3 is 10.6 Å². The molecule has 1 heterocycles. The van der Waals surface area contributed by atoms with Gasteiger partial charge in [-0.2, -0.15) is 0 Å². The van der Waals surface area contributed by atoms with Gasteiger partial charge in [0.15, 0.2) is 0 Å². The molecule has 0 aliphatic rings. The van der Waals surface area contributed by atoms with Crippen LogP contribution in [-0.2, 0) is 0 Å². The van der Waals surface area contributed by atoms with Gasteiger partial charge in [-0.25, -0.2) is 4.98 Å². The Morgan fingerprint density at radius 3 is 2.58 bits per heavy atom. The second-order valence-electron chi connectivity index (χ2n) is 4.97. The average molecular weight is 447 g/mol. The van der Waals surface area contributed by atoms with Gasteiger partial charge in [0.1, 0.15) is 5.82 Å². The number of para-hydroxylation sites is 1. The van der Waals surface area contributed by atoms with Crippen molar-refractivity contribution in [2.75, 3.05) is 10.6 Å². The summed E-state index contributed by atoms with van der Waals surface area (Å²) in [6, 6.07) is 18.6. The van der Waals surface area contributed by atoms with Crippen molar-refractivity contribution in [3.63, 3.8) is 0 Å². The highest BCUT2D eigenvalue weighted by Crippen LogP contribution is 2.26. The third-order valence-corrected chi connectivity index (χ3v) is 4.45. The first-order chi connectivity index (χ1) is 11.6. The van der Waals surface area contributed by atoms with E-state index in [0.29, 0.717) is 17.1 Å². The molecule has 0 fully saturated rings. The van der Waals surface area contributed by atoms with Crippen LogP contribution in [-0.4, -0.2) is 10.9 Å². The standard InChI is InChI=1S/C18H13Br2N3O/c19-12-5-3-6-13(11-12)22-18(24)14-7-4-10-21-17(14)23-16-9-2-1-8-15(16)20/h1-11H,(H,21,23)(H,22,24). The predicted octanol–water partition coefficient (Wildman–Crippen LogP) is 5.60. The summed E-state index contributed by atoms with van der Waals surface area (Å²) in [7, 11) is 0. The monoisotopic (exact) mass is 445 g/mol. The van der Waals surface area contributed by atoms with Gasteiger partial charge in [-0.05, 0) is 58.4 Å². The Balaban J connectivity index is 1.86. The van der Waals surface area contributed by atoms with Crippen LogP contribution in [0.25, 0.3) is 0 Å². The third kappa shape index (κ3) is 4.01. The number of amides is 1. The number of carbonyl (C=O) groups excluding carboxylic acids is 1. The van der Waals surface area contributed by atoms with Gasteiger partial charge in [0.05, 0.1) is 11.3 Å². The highest BCUT2D eigenvalue weighted by atomic mass is 79.9. The van der Waals surface area contributed by atoms with E-state index in [1.54, 1.807) is 18.3 Å². The summed E-state index contributed by atoms with van der Waals surface area (Å²) < 4.78 is 1.80. The van der Waals surface area contributed by atoms with E-state index in [1.807, 2.05) is 48.5 Å². The highest BCUT2D eigenvalue weighted by molar-refractivity contribution is 9.10. The van der Waals surface area contributed by atoms with Crippen LogP contribution in [0.15, 0.2) is 75.8 Å². The number of nitrogens with one attached hydrogen (secondary N) is 2. The van der Waals surface area contributed by atoms with Crippen LogP contribution in [0.5, 0.6) is 0 Å². The molecule has 0 spiro atoms. The Labute approximate surface area is 156 Å². The van der Waals surface area contributed by atoms with Gasteiger partial charge in [0.2, 0.25) is 0 Å². The Bertz CT molecular complexity index is 883. The van der Waals surface area contributed by atoms with Gasteiger partial charge in [0, 0.05) is 20.8 Å². The number of hydrogen-bond acceptors (Lipinski definition) is 3. The fraction of sp³-hybridized carbons (Fsp3) is 0. The molecule has 0 unspecified atom stereocenters. The molecule has 120 valence electrons. The summed E-state index contributed by atoms with van der Waals surface area (Å²) in [5, 5.41) is 6.07. The van der Waals surface area contributed by atoms with Crippen molar-refractivity contribution in [1.29, 1.82) is 0 Å². The van der Waals surface area contributed by atoms with E-state index in [-0.39, 0.29) is 5.91 Å². The molecule has 2 aromatic carbocycles. The zero-order valence-corrected chi connectivity index (χ0v) is 15.6. The number of nitrogens with zero attached hydrogens (tertiary/aromatic N) is 1. The number of rotatable bonds is 4. The molecule has 4 nitrogen and oxygen atoms in total. The van der Waals surface area contributed by atoms with Crippen molar-refractivity contribution >= 4 is 55.0 Å². The number of benzene rings is 2. The zero-order chi connectivity index (χ0) is 16.9. The lowest BCUT2D eigenvalue weighted by Gasteiger charge is -2.12. The second kappa shape index (κ2) is 7.59.